The lowest BCUT2D eigenvalue weighted by molar-refractivity contribution is 0.375. The smallest absolute Gasteiger partial charge is 0.247 e. The van der Waals surface area contributed by atoms with Crippen LogP contribution in [0.15, 0.2) is 82.7 Å². The van der Waals surface area contributed by atoms with Crippen molar-refractivity contribution in [2.24, 2.45) is 5.10 Å². The van der Waals surface area contributed by atoms with E-state index in [-0.39, 0.29) is 0 Å². The van der Waals surface area contributed by atoms with Gasteiger partial charge in [-0.25, -0.2) is 13.1 Å². The minimum atomic E-state index is -3.61. The molecule has 168 valence electrons. The Balaban J connectivity index is 1.60. The summed E-state index contributed by atoms with van der Waals surface area (Å²) in [5.41, 5.74) is 4.99. The molecule has 1 atom stereocenters. The van der Waals surface area contributed by atoms with E-state index in [4.69, 9.17) is 9.84 Å². The molecule has 3 heterocycles. The molecule has 0 N–H and O–H groups in total. The Hall–Kier alpha value is -3.43. The number of methoxy groups -OCH3 is 1. The minimum absolute atomic E-state index is 0.441. The lowest BCUT2D eigenvalue weighted by Crippen LogP contribution is -2.26. The molecular formula is C24H22N4O3S2. The van der Waals surface area contributed by atoms with Gasteiger partial charge in [-0.15, -0.1) is 0 Å². The molecular weight excluding hydrogens is 456 g/mol. The fourth-order valence-electron chi connectivity index (χ4n) is 3.95. The normalized spacial score (nSPS) is 16.1. The minimum Gasteiger partial charge on any atom is -0.497 e. The molecule has 2 aromatic carbocycles. The van der Waals surface area contributed by atoms with Crippen molar-refractivity contribution in [2.45, 2.75) is 12.5 Å². The second-order valence-corrected chi connectivity index (χ2v) is 10.4. The summed E-state index contributed by atoms with van der Waals surface area (Å²) in [6.45, 7) is 0. The first-order valence-corrected chi connectivity index (χ1v) is 13.1. The summed E-state index contributed by atoms with van der Waals surface area (Å²) >= 11 is 1.58. The number of sulfonamides is 1. The van der Waals surface area contributed by atoms with Crippen LogP contribution in [-0.4, -0.2) is 41.7 Å². The Labute approximate surface area is 196 Å². The molecule has 5 rings (SSSR count). The summed E-state index contributed by atoms with van der Waals surface area (Å²) < 4.78 is 33.7. The number of nitrogens with zero attached hydrogens (tertiary/aromatic N) is 4. The fourth-order valence-corrected chi connectivity index (χ4v) is 5.49. The monoisotopic (exact) mass is 478 g/mol. The third-order valence-electron chi connectivity index (χ3n) is 5.55. The van der Waals surface area contributed by atoms with E-state index in [1.54, 1.807) is 23.1 Å². The second kappa shape index (κ2) is 8.49. The highest BCUT2D eigenvalue weighted by atomic mass is 32.2. The number of hydrogen-bond donors (Lipinski definition) is 0. The quantitative estimate of drug-likeness (QED) is 0.402. The molecule has 4 aromatic rings. The van der Waals surface area contributed by atoms with Crippen LogP contribution in [-0.2, 0) is 10.0 Å². The molecule has 0 fully saturated rings. The van der Waals surface area contributed by atoms with Crippen LogP contribution in [0.2, 0.25) is 0 Å². The molecule has 0 saturated carbocycles. The molecule has 1 aliphatic rings. The Morgan fingerprint density at radius 2 is 1.79 bits per heavy atom. The first-order valence-electron chi connectivity index (χ1n) is 10.3. The SMILES string of the molecule is COc1ccc(C2=NN(S(C)(=O)=O)[C@@H](c3cn(-c4ccccc4)nc3-c3ccsc3)C2)cc1. The van der Waals surface area contributed by atoms with E-state index < -0.39 is 16.1 Å². The number of hydrogen-bond acceptors (Lipinski definition) is 6. The van der Waals surface area contributed by atoms with Crippen molar-refractivity contribution < 1.29 is 13.2 Å². The zero-order valence-electron chi connectivity index (χ0n) is 18.1. The van der Waals surface area contributed by atoms with Gasteiger partial charge in [-0.3, -0.25) is 0 Å². The van der Waals surface area contributed by atoms with Crippen LogP contribution in [0.1, 0.15) is 23.6 Å². The zero-order chi connectivity index (χ0) is 23.0. The van der Waals surface area contributed by atoms with E-state index in [0.29, 0.717) is 12.1 Å². The van der Waals surface area contributed by atoms with Crippen molar-refractivity contribution in [2.75, 3.05) is 13.4 Å². The van der Waals surface area contributed by atoms with Crippen LogP contribution < -0.4 is 4.74 Å². The van der Waals surface area contributed by atoms with Gasteiger partial charge in [0.25, 0.3) is 0 Å². The van der Waals surface area contributed by atoms with E-state index in [9.17, 15) is 8.42 Å². The number of rotatable bonds is 6. The topological polar surface area (TPSA) is 76.8 Å². The van der Waals surface area contributed by atoms with Crippen LogP contribution in [0.3, 0.4) is 0 Å². The standard InChI is InChI=1S/C24H22N4O3S2/c1-31-20-10-8-17(9-11-20)22-14-23(28(25-22)33(2,29)30)21-15-27(19-6-4-3-5-7-19)26-24(21)18-12-13-32-16-18/h3-13,15-16,23H,14H2,1-2H3/t23-/m1/s1. The van der Waals surface area contributed by atoms with Gasteiger partial charge >= 0.3 is 0 Å². The van der Waals surface area contributed by atoms with Crippen molar-refractivity contribution in [3.8, 4) is 22.7 Å². The van der Waals surface area contributed by atoms with Crippen molar-refractivity contribution in [1.29, 1.82) is 0 Å². The molecule has 0 radical (unpaired) electrons. The van der Waals surface area contributed by atoms with E-state index in [1.165, 1.54) is 10.7 Å². The number of benzene rings is 2. The largest absolute Gasteiger partial charge is 0.497 e. The van der Waals surface area contributed by atoms with E-state index >= 15 is 0 Å². The summed E-state index contributed by atoms with van der Waals surface area (Å²) in [6, 6.07) is 18.8. The van der Waals surface area contributed by atoms with Gasteiger partial charge in [0.2, 0.25) is 10.0 Å². The number of thiophene rings is 1. The highest BCUT2D eigenvalue weighted by Gasteiger charge is 2.37. The summed E-state index contributed by atoms with van der Waals surface area (Å²) in [7, 11) is -2.00. The summed E-state index contributed by atoms with van der Waals surface area (Å²) in [5, 5.41) is 13.4. The van der Waals surface area contributed by atoms with Crippen molar-refractivity contribution >= 4 is 27.1 Å². The van der Waals surface area contributed by atoms with Gasteiger partial charge in [-0.1, -0.05) is 18.2 Å². The highest BCUT2D eigenvalue weighted by molar-refractivity contribution is 7.88. The van der Waals surface area contributed by atoms with Gasteiger partial charge in [-0.2, -0.15) is 26.0 Å². The van der Waals surface area contributed by atoms with E-state index in [1.807, 2.05) is 77.6 Å². The number of para-hydroxylation sites is 1. The van der Waals surface area contributed by atoms with Gasteiger partial charge in [0.1, 0.15) is 5.75 Å². The molecule has 0 spiro atoms. The Morgan fingerprint density at radius 3 is 2.42 bits per heavy atom. The van der Waals surface area contributed by atoms with Crippen molar-refractivity contribution in [3.05, 3.63) is 88.7 Å². The maximum atomic E-state index is 12.7. The number of hydrazone groups is 1. The molecule has 0 amide bonds. The third kappa shape index (κ3) is 4.17. The van der Waals surface area contributed by atoms with Gasteiger partial charge in [0.15, 0.2) is 0 Å². The van der Waals surface area contributed by atoms with Gasteiger partial charge < -0.3 is 4.74 Å². The highest BCUT2D eigenvalue weighted by Crippen LogP contribution is 2.40. The van der Waals surface area contributed by atoms with Gasteiger partial charge in [-0.05, 0) is 53.4 Å². The van der Waals surface area contributed by atoms with Crippen LogP contribution in [0.4, 0.5) is 0 Å². The van der Waals surface area contributed by atoms with Crippen molar-refractivity contribution in [3.63, 3.8) is 0 Å². The molecule has 2 aromatic heterocycles. The predicted molar refractivity (Wildman–Crippen MR) is 130 cm³/mol. The fraction of sp³-hybridized carbons (Fsp3) is 0.167. The van der Waals surface area contributed by atoms with Gasteiger partial charge in [0, 0.05) is 29.1 Å². The Bertz CT molecular complexity index is 1390. The van der Waals surface area contributed by atoms with Crippen LogP contribution >= 0.6 is 11.3 Å². The molecule has 9 heteroatoms. The van der Waals surface area contributed by atoms with E-state index in [2.05, 4.69) is 5.10 Å². The summed E-state index contributed by atoms with van der Waals surface area (Å²) in [6.07, 6.45) is 3.54. The average Bonchev–Trinajstić information content (AvgIpc) is 3.58. The Morgan fingerprint density at radius 1 is 1.03 bits per heavy atom. The van der Waals surface area contributed by atoms with Crippen molar-refractivity contribution in [1.82, 2.24) is 14.2 Å². The molecule has 0 aliphatic carbocycles. The maximum Gasteiger partial charge on any atom is 0.247 e. The van der Waals surface area contributed by atoms with Crippen LogP contribution in [0.5, 0.6) is 5.75 Å². The second-order valence-electron chi connectivity index (χ2n) is 7.76. The summed E-state index contributed by atoms with van der Waals surface area (Å²) in [4.78, 5) is 0. The maximum absolute atomic E-state index is 12.7. The molecule has 33 heavy (non-hydrogen) atoms. The first-order chi connectivity index (χ1) is 15.9. The van der Waals surface area contributed by atoms with E-state index in [0.717, 1.165) is 33.8 Å². The third-order valence-corrected chi connectivity index (χ3v) is 7.25. The molecule has 1 aliphatic heterocycles. The average molecular weight is 479 g/mol. The molecule has 0 unspecified atom stereocenters. The molecule has 7 nitrogen and oxygen atoms in total. The summed E-state index contributed by atoms with van der Waals surface area (Å²) in [5.74, 6) is 0.734. The lowest BCUT2D eigenvalue weighted by Gasteiger charge is -2.21. The molecule has 0 saturated heterocycles. The number of aromatic nitrogens is 2. The Kier molecular flexibility index (Phi) is 5.51. The van der Waals surface area contributed by atoms with Gasteiger partial charge in [0.05, 0.1) is 36.5 Å². The van der Waals surface area contributed by atoms with Crippen LogP contribution in [0.25, 0.3) is 16.9 Å². The number of ether oxygens (including phenoxy) is 1. The lowest BCUT2D eigenvalue weighted by atomic mass is 9.98. The van der Waals surface area contributed by atoms with Crippen LogP contribution in [0, 0.1) is 0 Å². The predicted octanol–water partition coefficient (Wildman–Crippen LogP) is 4.72. The first kappa shape index (κ1) is 21.4. The zero-order valence-corrected chi connectivity index (χ0v) is 19.8. The molecule has 0 bridgehead atoms.